The number of ether oxygens (including phenoxy) is 1. The number of amides is 2. The van der Waals surface area contributed by atoms with Crippen molar-refractivity contribution in [2.24, 2.45) is 0 Å². The maximum absolute atomic E-state index is 12.8. The van der Waals surface area contributed by atoms with Crippen molar-refractivity contribution in [1.29, 1.82) is 0 Å². The summed E-state index contributed by atoms with van der Waals surface area (Å²) in [5, 5.41) is 3.01. The third kappa shape index (κ3) is 5.49. The lowest BCUT2D eigenvalue weighted by atomic mass is 10.1. The van der Waals surface area contributed by atoms with Gasteiger partial charge >= 0.3 is 0 Å². The maximum atomic E-state index is 12.8. The highest BCUT2D eigenvalue weighted by atomic mass is 32.1. The lowest BCUT2D eigenvalue weighted by Gasteiger charge is -2.35. The smallest absolute Gasteiger partial charge is 0.261 e. The van der Waals surface area contributed by atoms with Crippen LogP contribution >= 0.6 is 11.3 Å². The maximum Gasteiger partial charge on any atom is 0.261 e. The molecule has 0 aliphatic carbocycles. The first-order valence-corrected chi connectivity index (χ1v) is 11.7. The predicted molar refractivity (Wildman–Crippen MR) is 121 cm³/mol. The molecule has 2 unspecified atom stereocenters. The zero-order valence-electron chi connectivity index (χ0n) is 18.4. The van der Waals surface area contributed by atoms with Gasteiger partial charge in [-0.25, -0.2) is 0 Å². The van der Waals surface area contributed by atoms with Crippen LogP contribution in [0.1, 0.15) is 70.1 Å². The molecule has 2 atom stereocenters. The molecule has 3 rings (SSSR count). The van der Waals surface area contributed by atoms with Crippen LogP contribution in [0.25, 0.3) is 0 Å². The van der Waals surface area contributed by atoms with Crippen LogP contribution in [0.4, 0.5) is 0 Å². The molecule has 0 radical (unpaired) electrons. The molecular weight excluding hydrogens is 396 g/mol. The molecule has 1 N–H and O–H groups in total. The van der Waals surface area contributed by atoms with Crippen molar-refractivity contribution < 1.29 is 14.3 Å². The summed E-state index contributed by atoms with van der Waals surface area (Å²) in [4.78, 5) is 29.3. The molecule has 2 aromatic rings. The number of carbonyl (C=O) groups is 2. The van der Waals surface area contributed by atoms with Crippen LogP contribution < -0.4 is 5.32 Å². The van der Waals surface area contributed by atoms with Crippen molar-refractivity contribution in [3.05, 3.63) is 56.8 Å². The summed E-state index contributed by atoms with van der Waals surface area (Å²) in [7, 11) is 0. The first-order valence-electron chi connectivity index (χ1n) is 10.8. The lowest BCUT2D eigenvalue weighted by Crippen LogP contribution is -2.48. The van der Waals surface area contributed by atoms with E-state index in [-0.39, 0.29) is 24.0 Å². The number of morpholine rings is 1. The third-order valence-electron chi connectivity index (χ3n) is 5.34. The van der Waals surface area contributed by atoms with Gasteiger partial charge in [-0.2, -0.15) is 0 Å². The summed E-state index contributed by atoms with van der Waals surface area (Å²) < 4.78 is 5.71. The number of nitrogens with one attached hydrogen (secondary N) is 1. The molecule has 1 aromatic carbocycles. The van der Waals surface area contributed by atoms with Crippen molar-refractivity contribution in [1.82, 2.24) is 10.2 Å². The van der Waals surface area contributed by atoms with Crippen LogP contribution in [0.3, 0.4) is 0 Å². The fourth-order valence-electron chi connectivity index (χ4n) is 3.88. The number of aryl methyl sites for hydroxylation is 2. The molecule has 162 valence electrons. The van der Waals surface area contributed by atoms with Crippen molar-refractivity contribution in [2.45, 2.75) is 65.7 Å². The van der Waals surface area contributed by atoms with Gasteiger partial charge in [0.1, 0.15) is 0 Å². The van der Waals surface area contributed by atoms with Crippen LogP contribution in [-0.2, 0) is 24.1 Å². The number of carbonyl (C=O) groups excluding carboxylic acids is 2. The Morgan fingerprint density at radius 3 is 2.40 bits per heavy atom. The average molecular weight is 429 g/mol. The summed E-state index contributed by atoms with van der Waals surface area (Å²) in [6, 6.07) is 9.53. The molecule has 0 spiro atoms. The van der Waals surface area contributed by atoms with E-state index < -0.39 is 0 Å². The molecule has 5 nitrogen and oxygen atoms in total. The highest BCUT2D eigenvalue weighted by Crippen LogP contribution is 2.24. The Labute approximate surface area is 183 Å². The second kappa shape index (κ2) is 10.2. The number of hydrogen-bond donors (Lipinski definition) is 1. The highest BCUT2D eigenvalue weighted by molar-refractivity contribution is 7.14. The standard InChI is InChI=1S/C24H32N2O3S/c1-5-7-21-19(6-2)12-22(30-21)23(27)25-13-18-8-10-20(11-9-18)24(28)26-14-16(3)29-17(4)15-26/h8-12,16-17H,5-7,13-15H2,1-4H3,(H,25,27). The minimum atomic E-state index is -0.0338. The van der Waals surface area contributed by atoms with Gasteiger partial charge in [0.25, 0.3) is 11.8 Å². The number of nitrogens with zero attached hydrogens (tertiary/aromatic N) is 1. The van der Waals surface area contributed by atoms with E-state index >= 15 is 0 Å². The van der Waals surface area contributed by atoms with E-state index in [1.54, 1.807) is 11.3 Å². The first kappa shape index (κ1) is 22.5. The normalized spacial score (nSPS) is 19.0. The fraction of sp³-hybridized carbons (Fsp3) is 0.500. The van der Waals surface area contributed by atoms with E-state index in [9.17, 15) is 9.59 Å². The van der Waals surface area contributed by atoms with E-state index in [4.69, 9.17) is 4.74 Å². The Bertz CT molecular complexity index is 865. The van der Waals surface area contributed by atoms with Crippen LogP contribution in [0.2, 0.25) is 0 Å². The molecule has 1 aliphatic rings. The molecular formula is C24H32N2O3S. The van der Waals surface area contributed by atoms with Crippen LogP contribution in [0, 0.1) is 0 Å². The molecule has 1 aliphatic heterocycles. The van der Waals surface area contributed by atoms with Gasteiger partial charge in [-0.15, -0.1) is 11.3 Å². The quantitative estimate of drug-likeness (QED) is 0.709. The molecule has 1 aromatic heterocycles. The largest absolute Gasteiger partial charge is 0.372 e. The summed E-state index contributed by atoms with van der Waals surface area (Å²) in [5.41, 5.74) is 2.92. The predicted octanol–water partition coefficient (Wildman–Crippen LogP) is 4.44. The molecule has 30 heavy (non-hydrogen) atoms. The van der Waals surface area contributed by atoms with Gasteiger partial charge < -0.3 is 15.0 Å². The molecule has 0 saturated carbocycles. The van der Waals surface area contributed by atoms with Gasteiger partial charge in [0.05, 0.1) is 17.1 Å². The SMILES string of the molecule is CCCc1sc(C(=O)NCc2ccc(C(=O)N3CC(C)OC(C)C3)cc2)cc1CC. The number of rotatable bonds is 7. The van der Waals surface area contributed by atoms with Gasteiger partial charge in [-0.3, -0.25) is 9.59 Å². The Kier molecular flexibility index (Phi) is 7.67. The lowest BCUT2D eigenvalue weighted by molar-refractivity contribution is -0.0586. The minimum absolute atomic E-state index is 0.0294. The average Bonchev–Trinajstić information content (AvgIpc) is 3.14. The molecule has 2 amide bonds. The van der Waals surface area contributed by atoms with Gasteiger partial charge in [0, 0.05) is 30.1 Å². The molecule has 1 fully saturated rings. The monoisotopic (exact) mass is 428 g/mol. The topological polar surface area (TPSA) is 58.6 Å². The van der Waals surface area contributed by atoms with Crippen molar-refractivity contribution in [3.63, 3.8) is 0 Å². The third-order valence-corrected chi connectivity index (χ3v) is 6.58. The van der Waals surface area contributed by atoms with Crippen molar-refractivity contribution in [2.75, 3.05) is 13.1 Å². The van der Waals surface area contributed by atoms with E-state index in [1.807, 2.05) is 49.1 Å². The molecule has 6 heteroatoms. The van der Waals surface area contributed by atoms with Gasteiger partial charge in [0.15, 0.2) is 0 Å². The zero-order valence-corrected chi connectivity index (χ0v) is 19.2. The second-order valence-corrected chi connectivity index (χ2v) is 9.15. The Hall–Kier alpha value is -2.18. The van der Waals surface area contributed by atoms with Crippen LogP contribution in [-0.4, -0.2) is 42.0 Å². The van der Waals surface area contributed by atoms with E-state index in [0.29, 0.717) is 25.2 Å². The van der Waals surface area contributed by atoms with E-state index in [2.05, 4.69) is 19.2 Å². The number of benzene rings is 1. The molecule has 0 bridgehead atoms. The van der Waals surface area contributed by atoms with E-state index in [1.165, 1.54) is 10.4 Å². The van der Waals surface area contributed by atoms with Crippen molar-refractivity contribution in [3.8, 4) is 0 Å². The number of thiophene rings is 1. The van der Waals surface area contributed by atoms with E-state index in [0.717, 1.165) is 29.7 Å². The van der Waals surface area contributed by atoms with Gasteiger partial charge in [-0.05, 0) is 56.0 Å². The molecule has 2 heterocycles. The van der Waals surface area contributed by atoms with Crippen molar-refractivity contribution >= 4 is 23.2 Å². The Morgan fingerprint density at radius 2 is 1.80 bits per heavy atom. The fourth-order valence-corrected chi connectivity index (χ4v) is 5.15. The summed E-state index contributed by atoms with van der Waals surface area (Å²) in [5.74, 6) is -0.00443. The summed E-state index contributed by atoms with van der Waals surface area (Å²) >= 11 is 1.60. The van der Waals surface area contributed by atoms with Gasteiger partial charge in [-0.1, -0.05) is 32.4 Å². The first-order chi connectivity index (χ1) is 14.4. The molecule has 1 saturated heterocycles. The summed E-state index contributed by atoms with van der Waals surface area (Å²) in [6.45, 7) is 9.94. The van der Waals surface area contributed by atoms with Crippen LogP contribution in [0.15, 0.2) is 30.3 Å². The van der Waals surface area contributed by atoms with Crippen LogP contribution in [0.5, 0.6) is 0 Å². The highest BCUT2D eigenvalue weighted by Gasteiger charge is 2.26. The summed E-state index contributed by atoms with van der Waals surface area (Å²) in [6.07, 6.45) is 3.17. The Morgan fingerprint density at radius 1 is 1.13 bits per heavy atom. The second-order valence-electron chi connectivity index (χ2n) is 8.01. The number of hydrogen-bond acceptors (Lipinski definition) is 4. The van der Waals surface area contributed by atoms with Gasteiger partial charge in [0.2, 0.25) is 0 Å². The zero-order chi connectivity index (χ0) is 21.7. The Balaban J connectivity index is 1.58. The minimum Gasteiger partial charge on any atom is -0.372 e.